The van der Waals surface area contributed by atoms with Crippen LogP contribution < -0.4 is 10.1 Å². The van der Waals surface area contributed by atoms with Crippen LogP contribution in [-0.4, -0.2) is 49.3 Å². The summed E-state index contributed by atoms with van der Waals surface area (Å²) in [5.41, 5.74) is 0.917. The molecule has 1 heterocycles. The minimum absolute atomic E-state index is 0.458. The number of nitrogens with zero attached hydrogens (tertiary/aromatic N) is 1. The number of β-amino-alcohol motifs (C(OH)–C–C–N with tert-alkyl or cyclic N) is 1. The van der Waals surface area contributed by atoms with Crippen molar-refractivity contribution in [3.63, 3.8) is 0 Å². The van der Waals surface area contributed by atoms with Crippen molar-refractivity contribution < 1.29 is 9.84 Å². The number of nitrogens with one attached hydrogen (secondary N) is 1. The lowest BCUT2D eigenvalue weighted by molar-refractivity contribution is 0.0792. The Bertz CT molecular complexity index is 384. The van der Waals surface area contributed by atoms with Crippen LogP contribution in [0.3, 0.4) is 0 Å². The average molecular weight is 250 g/mol. The smallest absolute Gasteiger partial charge is 0.119 e. The highest BCUT2D eigenvalue weighted by Crippen LogP contribution is 2.20. The largest absolute Gasteiger partial charge is 0.497 e. The van der Waals surface area contributed by atoms with E-state index < -0.39 is 6.10 Å². The van der Waals surface area contributed by atoms with Crippen LogP contribution in [0.25, 0.3) is 0 Å². The third-order valence-electron chi connectivity index (χ3n) is 3.52. The van der Waals surface area contributed by atoms with Crippen LogP contribution >= 0.6 is 0 Å². The van der Waals surface area contributed by atoms with Gasteiger partial charge < -0.3 is 15.2 Å². The van der Waals surface area contributed by atoms with Gasteiger partial charge >= 0.3 is 0 Å². The van der Waals surface area contributed by atoms with Gasteiger partial charge in [-0.2, -0.15) is 0 Å². The number of aliphatic hydroxyl groups excluding tert-OH is 1. The maximum absolute atomic E-state index is 10.3. The van der Waals surface area contributed by atoms with Crippen LogP contribution in [0.4, 0.5) is 0 Å². The molecule has 4 nitrogen and oxygen atoms in total. The van der Waals surface area contributed by atoms with E-state index in [1.165, 1.54) is 0 Å². The number of piperazine rings is 1. The second kappa shape index (κ2) is 6.18. The Hall–Kier alpha value is -1.10. The molecule has 1 aliphatic heterocycles. The van der Waals surface area contributed by atoms with Crippen molar-refractivity contribution in [3.05, 3.63) is 29.8 Å². The fraction of sp³-hybridized carbons (Fsp3) is 0.571. The number of methoxy groups -OCH3 is 1. The number of benzene rings is 1. The van der Waals surface area contributed by atoms with Crippen molar-refractivity contribution in [2.45, 2.75) is 19.1 Å². The second-order valence-corrected chi connectivity index (χ2v) is 4.84. The van der Waals surface area contributed by atoms with Gasteiger partial charge in [0.2, 0.25) is 0 Å². The quantitative estimate of drug-likeness (QED) is 0.837. The number of rotatable bonds is 4. The van der Waals surface area contributed by atoms with E-state index in [0.717, 1.165) is 30.9 Å². The Morgan fingerprint density at radius 2 is 2.39 bits per heavy atom. The summed E-state index contributed by atoms with van der Waals surface area (Å²) >= 11 is 0. The molecule has 0 radical (unpaired) electrons. The summed E-state index contributed by atoms with van der Waals surface area (Å²) in [5.74, 6) is 0.792. The standard InChI is InChI=1S/C14H22N2O2/c1-11-9-15-6-7-16(11)10-14(17)12-4-3-5-13(8-12)18-2/h3-5,8,11,14-15,17H,6-7,9-10H2,1-2H3/t11-,14?/m0/s1. The van der Waals surface area contributed by atoms with Gasteiger partial charge in [-0.15, -0.1) is 0 Å². The van der Waals surface area contributed by atoms with Crippen molar-refractivity contribution in [2.75, 3.05) is 33.3 Å². The average Bonchev–Trinajstić information content (AvgIpc) is 2.41. The minimum atomic E-state index is -0.458. The normalized spacial score (nSPS) is 22.7. The molecule has 0 spiro atoms. The van der Waals surface area contributed by atoms with Crippen LogP contribution in [0.5, 0.6) is 5.75 Å². The Kier molecular flexibility index (Phi) is 4.58. The number of aliphatic hydroxyl groups is 1. The Labute approximate surface area is 109 Å². The minimum Gasteiger partial charge on any atom is -0.497 e. The molecule has 2 N–H and O–H groups in total. The molecule has 0 amide bonds. The van der Waals surface area contributed by atoms with Gasteiger partial charge in [-0.1, -0.05) is 12.1 Å². The molecule has 1 saturated heterocycles. The van der Waals surface area contributed by atoms with Crippen molar-refractivity contribution in [1.29, 1.82) is 0 Å². The molecule has 100 valence electrons. The lowest BCUT2D eigenvalue weighted by atomic mass is 10.1. The van der Waals surface area contributed by atoms with E-state index in [0.29, 0.717) is 12.6 Å². The van der Waals surface area contributed by atoms with Gasteiger partial charge in [-0.05, 0) is 24.6 Å². The number of hydrogen-bond acceptors (Lipinski definition) is 4. The van der Waals surface area contributed by atoms with Crippen LogP contribution in [0.1, 0.15) is 18.6 Å². The van der Waals surface area contributed by atoms with Crippen LogP contribution in [0.2, 0.25) is 0 Å². The van der Waals surface area contributed by atoms with Crippen LogP contribution in [0.15, 0.2) is 24.3 Å². The second-order valence-electron chi connectivity index (χ2n) is 4.84. The molecular weight excluding hydrogens is 228 g/mol. The fourth-order valence-electron chi connectivity index (χ4n) is 2.33. The molecule has 0 aromatic heterocycles. The third kappa shape index (κ3) is 3.22. The molecule has 2 rings (SSSR count). The molecule has 0 bridgehead atoms. The van der Waals surface area contributed by atoms with Gasteiger partial charge in [-0.3, -0.25) is 4.90 Å². The number of hydrogen-bond donors (Lipinski definition) is 2. The lowest BCUT2D eigenvalue weighted by Crippen LogP contribution is -2.50. The predicted octanol–water partition coefficient (Wildman–Crippen LogP) is 1.02. The topological polar surface area (TPSA) is 44.7 Å². The summed E-state index contributed by atoms with van der Waals surface area (Å²) in [7, 11) is 1.64. The summed E-state index contributed by atoms with van der Waals surface area (Å²) in [5, 5.41) is 13.6. The van der Waals surface area contributed by atoms with Gasteiger partial charge in [0.25, 0.3) is 0 Å². The zero-order valence-corrected chi connectivity index (χ0v) is 11.1. The van der Waals surface area contributed by atoms with Gasteiger partial charge in [0.15, 0.2) is 0 Å². The van der Waals surface area contributed by atoms with E-state index in [9.17, 15) is 5.11 Å². The molecule has 1 fully saturated rings. The van der Waals surface area contributed by atoms with Crippen LogP contribution in [-0.2, 0) is 0 Å². The first-order valence-electron chi connectivity index (χ1n) is 6.47. The first-order chi connectivity index (χ1) is 8.70. The third-order valence-corrected chi connectivity index (χ3v) is 3.52. The lowest BCUT2D eigenvalue weighted by Gasteiger charge is -2.35. The molecular formula is C14H22N2O2. The summed E-state index contributed by atoms with van der Waals surface area (Å²) in [6.45, 7) is 5.84. The van der Waals surface area contributed by atoms with Gasteiger partial charge in [0.05, 0.1) is 13.2 Å². The van der Waals surface area contributed by atoms with Gasteiger partial charge in [0.1, 0.15) is 5.75 Å². The van der Waals surface area contributed by atoms with Gasteiger partial charge in [0, 0.05) is 32.2 Å². The molecule has 4 heteroatoms. The van der Waals surface area contributed by atoms with E-state index in [1.54, 1.807) is 7.11 Å². The van der Waals surface area contributed by atoms with Crippen molar-refractivity contribution in [1.82, 2.24) is 10.2 Å². The molecule has 1 aromatic rings. The fourth-order valence-corrected chi connectivity index (χ4v) is 2.33. The molecule has 18 heavy (non-hydrogen) atoms. The maximum Gasteiger partial charge on any atom is 0.119 e. The monoisotopic (exact) mass is 250 g/mol. The SMILES string of the molecule is COc1cccc(C(O)CN2CCNC[C@@H]2C)c1. The van der Waals surface area contributed by atoms with E-state index >= 15 is 0 Å². The summed E-state index contributed by atoms with van der Waals surface area (Å²) in [6, 6.07) is 8.12. The van der Waals surface area contributed by atoms with E-state index in [2.05, 4.69) is 17.1 Å². The van der Waals surface area contributed by atoms with E-state index in [4.69, 9.17) is 4.74 Å². The molecule has 0 aliphatic carbocycles. The zero-order valence-electron chi connectivity index (χ0n) is 11.1. The van der Waals surface area contributed by atoms with Crippen molar-refractivity contribution in [2.24, 2.45) is 0 Å². The summed E-state index contributed by atoms with van der Waals surface area (Å²) < 4.78 is 5.18. The molecule has 1 aromatic carbocycles. The van der Waals surface area contributed by atoms with Gasteiger partial charge in [-0.25, -0.2) is 0 Å². The first-order valence-corrected chi connectivity index (χ1v) is 6.47. The Balaban J connectivity index is 1.99. The molecule has 1 unspecified atom stereocenters. The molecule has 1 aliphatic rings. The highest BCUT2D eigenvalue weighted by Gasteiger charge is 2.21. The van der Waals surface area contributed by atoms with Crippen molar-refractivity contribution in [3.8, 4) is 5.75 Å². The van der Waals surface area contributed by atoms with Crippen LogP contribution in [0, 0.1) is 0 Å². The maximum atomic E-state index is 10.3. The molecule has 2 atom stereocenters. The first kappa shape index (κ1) is 13.3. The van der Waals surface area contributed by atoms with E-state index in [-0.39, 0.29) is 0 Å². The molecule has 0 saturated carbocycles. The Morgan fingerprint density at radius 3 is 3.11 bits per heavy atom. The summed E-state index contributed by atoms with van der Waals surface area (Å²) in [6.07, 6.45) is -0.458. The Morgan fingerprint density at radius 1 is 1.56 bits per heavy atom. The summed E-state index contributed by atoms with van der Waals surface area (Å²) in [4.78, 5) is 2.32. The predicted molar refractivity (Wildman–Crippen MR) is 71.9 cm³/mol. The highest BCUT2D eigenvalue weighted by molar-refractivity contribution is 5.29. The van der Waals surface area contributed by atoms with Crippen molar-refractivity contribution >= 4 is 0 Å². The van der Waals surface area contributed by atoms with E-state index in [1.807, 2.05) is 24.3 Å². The highest BCUT2D eigenvalue weighted by atomic mass is 16.5. The zero-order chi connectivity index (χ0) is 13.0. The number of ether oxygens (including phenoxy) is 1.